The number of hydrogen-bond acceptors (Lipinski definition) is 5. The predicted molar refractivity (Wildman–Crippen MR) is 116 cm³/mol. The molecule has 1 atom stereocenters. The second-order valence-electron chi connectivity index (χ2n) is 8.27. The molecule has 0 spiro atoms. The summed E-state index contributed by atoms with van der Waals surface area (Å²) in [5.74, 6) is 1.65. The molecule has 0 saturated heterocycles. The molecule has 1 amide bonds. The summed E-state index contributed by atoms with van der Waals surface area (Å²) in [7, 11) is 0. The molecule has 1 aliphatic heterocycles. The van der Waals surface area contributed by atoms with E-state index in [1.54, 1.807) is 11.8 Å². The summed E-state index contributed by atoms with van der Waals surface area (Å²) in [5, 5.41) is 0.952. The fraction of sp³-hybridized carbons (Fsp3) is 0.696. The van der Waals surface area contributed by atoms with Gasteiger partial charge in [0.05, 0.1) is 18.1 Å². The van der Waals surface area contributed by atoms with Gasteiger partial charge in [-0.3, -0.25) is 9.59 Å². The molecule has 0 radical (unpaired) electrons. The Kier molecular flexibility index (Phi) is 8.40. The lowest BCUT2D eigenvalue weighted by molar-refractivity contribution is -0.144. The van der Waals surface area contributed by atoms with E-state index in [2.05, 4.69) is 24.9 Å². The summed E-state index contributed by atoms with van der Waals surface area (Å²) < 4.78 is 5.47. The summed E-state index contributed by atoms with van der Waals surface area (Å²) >= 11 is 1.60. The minimum Gasteiger partial charge on any atom is -0.465 e. The predicted octanol–water partition coefficient (Wildman–Crippen LogP) is 4.62. The molecule has 0 N–H and O–H groups in total. The average molecular weight is 419 g/mol. The number of esters is 1. The molecule has 5 nitrogen and oxygen atoms in total. The lowest BCUT2D eigenvalue weighted by Gasteiger charge is -2.29. The first-order valence-corrected chi connectivity index (χ1v) is 12.1. The third-order valence-electron chi connectivity index (χ3n) is 5.89. The SMILES string of the molecule is CCCCC(CC)COC(=O)CCSc1cc2c(cn1)CN(C(=O)C1CC1)CC2. The van der Waals surface area contributed by atoms with E-state index in [9.17, 15) is 9.59 Å². The monoisotopic (exact) mass is 418 g/mol. The van der Waals surface area contributed by atoms with Gasteiger partial charge in [-0.05, 0) is 48.8 Å². The molecule has 160 valence electrons. The van der Waals surface area contributed by atoms with Crippen LogP contribution in [0.5, 0.6) is 0 Å². The zero-order valence-electron chi connectivity index (χ0n) is 17.8. The molecule has 1 fully saturated rings. The highest BCUT2D eigenvalue weighted by Crippen LogP contribution is 2.33. The van der Waals surface area contributed by atoms with Crippen molar-refractivity contribution < 1.29 is 14.3 Å². The van der Waals surface area contributed by atoms with Crippen LogP contribution in [0.15, 0.2) is 17.3 Å². The fourth-order valence-electron chi connectivity index (χ4n) is 3.69. The lowest BCUT2D eigenvalue weighted by atomic mass is 10.0. The normalized spacial score (nSPS) is 17.0. The number of hydrogen-bond donors (Lipinski definition) is 0. The standard InChI is InChI=1S/C23H34N2O3S/c1-3-5-6-17(4-2)16-28-22(26)10-12-29-21-13-19-9-11-25(15-20(19)14-24-21)23(27)18-7-8-18/h13-14,17-18H,3-12,15-16H2,1-2H3. The molecule has 1 aromatic heterocycles. The minimum atomic E-state index is -0.111. The Hall–Kier alpha value is -1.56. The van der Waals surface area contributed by atoms with Gasteiger partial charge < -0.3 is 9.64 Å². The van der Waals surface area contributed by atoms with E-state index >= 15 is 0 Å². The number of fused-ring (bicyclic) bond motifs is 1. The number of pyridine rings is 1. The van der Waals surface area contributed by atoms with E-state index < -0.39 is 0 Å². The average Bonchev–Trinajstić information content (AvgIpc) is 3.58. The molecule has 1 aromatic rings. The van der Waals surface area contributed by atoms with Gasteiger partial charge in [0, 0.05) is 31.0 Å². The molecule has 3 rings (SSSR count). The summed E-state index contributed by atoms with van der Waals surface area (Å²) in [6.45, 7) is 6.39. The van der Waals surface area contributed by atoms with Crippen LogP contribution in [0.2, 0.25) is 0 Å². The Labute approximate surface area is 179 Å². The number of thioether (sulfide) groups is 1. The number of carbonyl (C=O) groups excluding carboxylic acids is 2. The second kappa shape index (κ2) is 11.0. The molecule has 29 heavy (non-hydrogen) atoms. The van der Waals surface area contributed by atoms with Crippen molar-refractivity contribution in [2.45, 2.75) is 76.8 Å². The largest absolute Gasteiger partial charge is 0.465 e. The van der Waals surface area contributed by atoms with E-state index in [1.165, 1.54) is 18.4 Å². The Morgan fingerprint density at radius 2 is 2.14 bits per heavy atom. The topological polar surface area (TPSA) is 59.5 Å². The molecular formula is C23H34N2O3S. The van der Waals surface area contributed by atoms with Gasteiger partial charge in [-0.1, -0.05) is 33.1 Å². The maximum absolute atomic E-state index is 12.3. The first kappa shape index (κ1) is 22.1. The Morgan fingerprint density at radius 1 is 1.31 bits per heavy atom. The molecular weight excluding hydrogens is 384 g/mol. The molecule has 1 aliphatic carbocycles. The lowest BCUT2D eigenvalue weighted by Crippen LogP contribution is -2.37. The van der Waals surface area contributed by atoms with E-state index in [0.717, 1.165) is 49.2 Å². The summed E-state index contributed by atoms with van der Waals surface area (Å²) in [6, 6.07) is 2.13. The molecule has 2 aliphatic rings. The fourth-order valence-corrected chi connectivity index (χ4v) is 4.52. The Balaban J connectivity index is 1.39. The van der Waals surface area contributed by atoms with E-state index in [0.29, 0.717) is 37.2 Å². The smallest absolute Gasteiger partial charge is 0.306 e. The van der Waals surface area contributed by atoms with Crippen LogP contribution < -0.4 is 0 Å². The van der Waals surface area contributed by atoms with Crippen molar-refractivity contribution in [3.8, 4) is 0 Å². The van der Waals surface area contributed by atoms with Crippen molar-refractivity contribution in [1.82, 2.24) is 9.88 Å². The molecule has 1 unspecified atom stereocenters. The van der Waals surface area contributed by atoms with Crippen molar-refractivity contribution in [3.05, 3.63) is 23.4 Å². The third kappa shape index (κ3) is 6.73. The van der Waals surface area contributed by atoms with Crippen LogP contribution in [0.1, 0.15) is 69.9 Å². The first-order valence-electron chi connectivity index (χ1n) is 11.2. The quantitative estimate of drug-likeness (QED) is 0.388. The van der Waals surface area contributed by atoms with Crippen LogP contribution in [0.3, 0.4) is 0 Å². The number of nitrogens with zero attached hydrogens (tertiary/aromatic N) is 2. The third-order valence-corrected chi connectivity index (χ3v) is 6.82. The van der Waals surface area contributed by atoms with Gasteiger partial charge in [-0.2, -0.15) is 0 Å². The van der Waals surface area contributed by atoms with Gasteiger partial charge >= 0.3 is 5.97 Å². The van der Waals surface area contributed by atoms with Gasteiger partial charge in [0.2, 0.25) is 5.91 Å². The zero-order chi connectivity index (χ0) is 20.6. The molecule has 1 saturated carbocycles. The summed E-state index contributed by atoms with van der Waals surface area (Å²) in [6.07, 6.45) is 9.89. The second-order valence-corrected chi connectivity index (χ2v) is 9.39. The van der Waals surface area contributed by atoms with E-state index in [4.69, 9.17) is 4.74 Å². The highest BCUT2D eigenvalue weighted by molar-refractivity contribution is 7.99. The Morgan fingerprint density at radius 3 is 2.86 bits per heavy atom. The van der Waals surface area contributed by atoms with Gasteiger partial charge in [-0.15, -0.1) is 11.8 Å². The summed E-state index contributed by atoms with van der Waals surface area (Å²) in [4.78, 5) is 30.8. The van der Waals surface area contributed by atoms with Crippen LogP contribution in [-0.4, -0.2) is 40.7 Å². The van der Waals surface area contributed by atoms with Crippen molar-refractivity contribution >= 4 is 23.6 Å². The van der Waals surface area contributed by atoms with Gasteiger partial charge in [0.15, 0.2) is 0 Å². The summed E-state index contributed by atoms with van der Waals surface area (Å²) in [5.41, 5.74) is 2.44. The number of unbranched alkanes of at least 4 members (excludes halogenated alkanes) is 1. The Bertz CT molecular complexity index is 705. The van der Waals surface area contributed by atoms with Gasteiger partial charge in [0.1, 0.15) is 0 Å². The van der Waals surface area contributed by atoms with Gasteiger partial charge in [-0.25, -0.2) is 4.98 Å². The van der Waals surface area contributed by atoms with E-state index in [-0.39, 0.29) is 11.9 Å². The number of aromatic nitrogens is 1. The van der Waals surface area contributed by atoms with E-state index in [1.807, 2.05) is 11.1 Å². The van der Waals surface area contributed by atoms with Crippen molar-refractivity contribution in [3.63, 3.8) is 0 Å². The first-order chi connectivity index (χ1) is 14.1. The number of rotatable bonds is 11. The molecule has 0 aromatic carbocycles. The van der Waals surface area contributed by atoms with Crippen LogP contribution in [0.4, 0.5) is 0 Å². The maximum Gasteiger partial charge on any atom is 0.306 e. The van der Waals surface area contributed by atoms with Crippen LogP contribution in [-0.2, 0) is 27.3 Å². The molecule has 0 bridgehead atoms. The molecule has 2 heterocycles. The van der Waals surface area contributed by atoms with Gasteiger partial charge in [0.25, 0.3) is 0 Å². The number of carbonyl (C=O) groups is 2. The minimum absolute atomic E-state index is 0.111. The highest BCUT2D eigenvalue weighted by atomic mass is 32.2. The highest BCUT2D eigenvalue weighted by Gasteiger charge is 2.34. The van der Waals surface area contributed by atoms with Crippen LogP contribution >= 0.6 is 11.8 Å². The van der Waals surface area contributed by atoms with Crippen molar-refractivity contribution in [2.75, 3.05) is 18.9 Å². The van der Waals surface area contributed by atoms with Crippen LogP contribution in [0.25, 0.3) is 0 Å². The van der Waals surface area contributed by atoms with Crippen LogP contribution in [0, 0.1) is 11.8 Å². The van der Waals surface area contributed by atoms with Crippen molar-refractivity contribution in [2.24, 2.45) is 11.8 Å². The zero-order valence-corrected chi connectivity index (χ0v) is 18.6. The van der Waals surface area contributed by atoms with Crippen molar-refractivity contribution in [1.29, 1.82) is 0 Å². The number of amides is 1. The number of ether oxygens (including phenoxy) is 1. The maximum atomic E-state index is 12.3. The molecule has 6 heteroatoms.